The maximum Gasteiger partial charge on any atom is 0.240 e. The molecule has 1 unspecified atom stereocenters. The average molecular weight is 312 g/mol. The number of nitrogens with one attached hydrogen (secondary N) is 1. The lowest BCUT2D eigenvalue weighted by molar-refractivity contribution is -0.140. The summed E-state index contributed by atoms with van der Waals surface area (Å²) in [5.74, 6) is -0.0206. The molecule has 0 spiro atoms. The zero-order valence-electron chi connectivity index (χ0n) is 12.4. The predicted octanol–water partition coefficient (Wildman–Crippen LogP) is 0.887. The van der Waals surface area contributed by atoms with Gasteiger partial charge in [0.2, 0.25) is 11.8 Å². The quantitative estimate of drug-likeness (QED) is 0.898. The molecule has 1 saturated heterocycles. The smallest absolute Gasteiger partial charge is 0.240 e. The summed E-state index contributed by atoms with van der Waals surface area (Å²) >= 11 is 0. The summed E-state index contributed by atoms with van der Waals surface area (Å²) in [7, 11) is 3.41. The SMILES string of the molecule is CN(C)C(=O)CC1NCCN(Cc2ccccc2)C1=O.Cl. The Hall–Kier alpha value is -1.59. The summed E-state index contributed by atoms with van der Waals surface area (Å²) in [5.41, 5.74) is 1.11. The highest BCUT2D eigenvalue weighted by molar-refractivity contribution is 5.88. The van der Waals surface area contributed by atoms with Crippen molar-refractivity contribution in [2.45, 2.75) is 19.0 Å². The van der Waals surface area contributed by atoms with Crippen molar-refractivity contribution < 1.29 is 9.59 Å². The van der Waals surface area contributed by atoms with Crippen molar-refractivity contribution >= 4 is 24.2 Å². The summed E-state index contributed by atoms with van der Waals surface area (Å²) < 4.78 is 0. The summed E-state index contributed by atoms with van der Waals surface area (Å²) in [6.07, 6.45) is 0.219. The molecule has 1 heterocycles. The molecule has 6 heteroatoms. The van der Waals surface area contributed by atoms with Crippen LogP contribution in [-0.2, 0) is 16.1 Å². The van der Waals surface area contributed by atoms with Crippen molar-refractivity contribution in [2.75, 3.05) is 27.2 Å². The van der Waals surface area contributed by atoms with Gasteiger partial charge >= 0.3 is 0 Å². The Kier molecular flexibility index (Phi) is 6.65. The lowest BCUT2D eigenvalue weighted by Gasteiger charge is -2.33. The predicted molar refractivity (Wildman–Crippen MR) is 84.2 cm³/mol. The molecule has 5 nitrogen and oxygen atoms in total. The van der Waals surface area contributed by atoms with E-state index in [2.05, 4.69) is 5.32 Å². The molecule has 2 amide bonds. The first-order valence-corrected chi connectivity index (χ1v) is 6.84. The average Bonchev–Trinajstić information content (AvgIpc) is 2.44. The number of rotatable bonds is 4. The first kappa shape index (κ1) is 17.5. The van der Waals surface area contributed by atoms with E-state index in [4.69, 9.17) is 0 Å². The molecule has 0 radical (unpaired) electrons. The van der Waals surface area contributed by atoms with Crippen LogP contribution in [0.4, 0.5) is 0 Å². The second kappa shape index (κ2) is 8.00. The minimum atomic E-state index is -0.401. The summed E-state index contributed by atoms with van der Waals surface area (Å²) in [4.78, 5) is 27.5. The van der Waals surface area contributed by atoms with Crippen molar-refractivity contribution in [1.29, 1.82) is 0 Å². The summed E-state index contributed by atoms with van der Waals surface area (Å²) in [6, 6.07) is 9.51. The number of hydrogen-bond acceptors (Lipinski definition) is 3. The number of halogens is 1. The molecular weight excluding hydrogens is 290 g/mol. The van der Waals surface area contributed by atoms with E-state index in [0.29, 0.717) is 13.1 Å². The van der Waals surface area contributed by atoms with Gasteiger partial charge in [-0.25, -0.2) is 0 Å². The van der Waals surface area contributed by atoms with Crippen LogP contribution in [0.3, 0.4) is 0 Å². The molecule has 1 fully saturated rings. The van der Waals surface area contributed by atoms with Crippen molar-refractivity contribution in [3.8, 4) is 0 Å². The van der Waals surface area contributed by atoms with Gasteiger partial charge in [-0.15, -0.1) is 12.4 Å². The zero-order chi connectivity index (χ0) is 14.5. The van der Waals surface area contributed by atoms with E-state index < -0.39 is 6.04 Å². The molecule has 0 bridgehead atoms. The largest absolute Gasteiger partial charge is 0.349 e. The highest BCUT2D eigenvalue weighted by Gasteiger charge is 2.30. The molecule has 21 heavy (non-hydrogen) atoms. The lowest BCUT2D eigenvalue weighted by Crippen LogP contribution is -2.55. The molecule has 0 saturated carbocycles. The van der Waals surface area contributed by atoms with E-state index in [1.165, 1.54) is 4.90 Å². The van der Waals surface area contributed by atoms with Crippen molar-refractivity contribution in [3.63, 3.8) is 0 Å². The molecule has 1 aliphatic rings. The molecule has 0 aliphatic carbocycles. The number of benzene rings is 1. The number of nitrogens with zero attached hydrogens (tertiary/aromatic N) is 2. The minimum absolute atomic E-state index is 0. The third-order valence-electron chi connectivity index (χ3n) is 3.48. The van der Waals surface area contributed by atoms with Gasteiger partial charge in [0.25, 0.3) is 0 Å². The maximum atomic E-state index is 12.4. The van der Waals surface area contributed by atoms with Gasteiger partial charge in [0, 0.05) is 33.7 Å². The Bertz CT molecular complexity index is 479. The third kappa shape index (κ3) is 4.72. The topological polar surface area (TPSA) is 52.7 Å². The van der Waals surface area contributed by atoms with Crippen molar-refractivity contribution in [3.05, 3.63) is 35.9 Å². The monoisotopic (exact) mass is 311 g/mol. The van der Waals surface area contributed by atoms with E-state index in [1.807, 2.05) is 35.2 Å². The third-order valence-corrected chi connectivity index (χ3v) is 3.48. The fourth-order valence-electron chi connectivity index (χ4n) is 2.27. The van der Waals surface area contributed by atoms with E-state index >= 15 is 0 Å². The van der Waals surface area contributed by atoms with Gasteiger partial charge < -0.3 is 15.1 Å². The second-order valence-corrected chi connectivity index (χ2v) is 5.24. The highest BCUT2D eigenvalue weighted by Crippen LogP contribution is 2.11. The zero-order valence-corrected chi connectivity index (χ0v) is 13.2. The van der Waals surface area contributed by atoms with Crippen LogP contribution in [0.2, 0.25) is 0 Å². The Labute approximate surface area is 131 Å². The van der Waals surface area contributed by atoms with Crippen LogP contribution in [0.5, 0.6) is 0 Å². The molecule has 1 aromatic carbocycles. The standard InChI is InChI=1S/C15H21N3O2.ClH/c1-17(2)14(19)10-13-15(20)18(9-8-16-13)11-12-6-4-3-5-7-12;/h3-7,13,16H,8-11H2,1-2H3;1H. The highest BCUT2D eigenvalue weighted by atomic mass is 35.5. The van der Waals surface area contributed by atoms with Crippen LogP contribution < -0.4 is 5.32 Å². The molecule has 0 aromatic heterocycles. The molecule has 1 aromatic rings. The van der Waals surface area contributed by atoms with Crippen LogP contribution >= 0.6 is 12.4 Å². The van der Waals surface area contributed by atoms with Gasteiger partial charge in [-0.05, 0) is 5.56 Å². The number of carbonyl (C=O) groups is 2. The van der Waals surface area contributed by atoms with Gasteiger partial charge in [-0.1, -0.05) is 30.3 Å². The van der Waals surface area contributed by atoms with Gasteiger partial charge in [0.05, 0.1) is 12.5 Å². The summed E-state index contributed by atoms with van der Waals surface area (Å²) in [5, 5.41) is 3.13. The number of hydrogen-bond donors (Lipinski definition) is 1. The number of amides is 2. The first-order valence-electron chi connectivity index (χ1n) is 6.84. The van der Waals surface area contributed by atoms with Gasteiger partial charge in [0.15, 0.2) is 0 Å². The Morgan fingerprint density at radius 3 is 2.62 bits per heavy atom. The van der Waals surface area contributed by atoms with E-state index in [9.17, 15) is 9.59 Å². The van der Waals surface area contributed by atoms with E-state index in [0.717, 1.165) is 12.1 Å². The van der Waals surface area contributed by atoms with Crippen LogP contribution in [0, 0.1) is 0 Å². The Morgan fingerprint density at radius 2 is 2.00 bits per heavy atom. The molecule has 2 rings (SSSR count). The normalized spacial score (nSPS) is 18.1. The second-order valence-electron chi connectivity index (χ2n) is 5.24. The van der Waals surface area contributed by atoms with Crippen molar-refractivity contribution in [2.24, 2.45) is 0 Å². The number of piperazine rings is 1. The Balaban J connectivity index is 0.00000220. The molecule has 1 aliphatic heterocycles. The molecule has 116 valence electrons. The van der Waals surface area contributed by atoms with Gasteiger partial charge in [0.1, 0.15) is 0 Å². The van der Waals surface area contributed by atoms with E-state index in [-0.39, 0.29) is 30.6 Å². The molecule has 1 atom stereocenters. The summed E-state index contributed by atoms with van der Waals surface area (Å²) in [6.45, 7) is 2.01. The fourth-order valence-corrected chi connectivity index (χ4v) is 2.27. The van der Waals surface area contributed by atoms with Gasteiger partial charge in [-0.2, -0.15) is 0 Å². The Morgan fingerprint density at radius 1 is 1.33 bits per heavy atom. The van der Waals surface area contributed by atoms with Crippen molar-refractivity contribution in [1.82, 2.24) is 15.1 Å². The first-order chi connectivity index (χ1) is 9.58. The van der Waals surface area contributed by atoms with Crippen LogP contribution in [0.25, 0.3) is 0 Å². The lowest BCUT2D eigenvalue weighted by atomic mass is 10.1. The van der Waals surface area contributed by atoms with Crippen LogP contribution in [-0.4, -0.2) is 54.8 Å². The maximum absolute atomic E-state index is 12.4. The van der Waals surface area contributed by atoms with Crippen LogP contribution in [0.15, 0.2) is 30.3 Å². The van der Waals surface area contributed by atoms with Crippen LogP contribution in [0.1, 0.15) is 12.0 Å². The van der Waals surface area contributed by atoms with Gasteiger partial charge in [-0.3, -0.25) is 9.59 Å². The molecule has 1 N–H and O–H groups in total. The van der Waals surface area contributed by atoms with E-state index in [1.54, 1.807) is 14.1 Å². The number of carbonyl (C=O) groups excluding carboxylic acids is 2. The fraction of sp³-hybridized carbons (Fsp3) is 0.467. The minimum Gasteiger partial charge on any atom is -0.349 e. The molecular formula is C15H22ClN3O2.